The van der Waals surface area contributed by atoms with E-state index in [2.05, 4.69) is 15.5 Å². The smallest absolute Gasteiger partial charge is 0.227 e. The molecule has 126 valence electrons. The molecule has 2 aromatic heterocycles. The van der Waals surface area contributed by atoms with Crippen LogP contribution in [0.1, 0.15) is 25.2 Å². The number of aromatic nitrogens is 2. The standard InChI is InChI=1S/C15H20N4O2S.ClH/c1-16-11-6-8-19(9-7-11)14(20)5-4-13-17-15(18-21-13)12-3-2-10-22-12;/h2-3,10-11,16H,4-9H2,1H3;1H. The van der Waals surface area contributed by atoms with Crippen LogP contribution in [-0.4, -0.2) is 47.1 Å². The van der Waals surface area contributed by atoms with E-state index in [1.54, 1.807) is 11.3 Å². The summed E-state index contributed by atoms with van der Waals surface area (Å²) >= 11 is 1.57. The number of likely N-dealkylation sites (tertiary alicyclic amines) is 1. The Labute approximate surface area is 145 Å². The number of halogens is 1. The second-order valence-corrected chi connectivity index (χ2v) is 6.38. The van der Waals surface area contributed by atoms with Crippen molar-refractivity contribution in [2.45, 2.75) is 31.7 Å². The number of hydrogen-bond acceptors (Lipinski definition) is 6. The highest BCUT2D eigenvalue weighted by molar-refractivity contribution is 7.13. The van der Waals surface area contributed by atoms with Gasteiger partial charge in [-0.2, -0.15) is 4.98 Å². The number of piperidine rings is 1. The van der Waals surface area contributed by atoms with E-state index in [4.69, 9.17) is 4.52 Å². The lowest BCUT2D eigenvalue weighted by Gasteiger charge is -2.31. The van der Waals surface area contributed by atoms with Gasteiger partial charge in [0.05, 0.1) is 4.88 Å². The molecule has 1 fully saturated rings. The van der Waals surface area contributed by atoms with Gasteiger partial charge >= 0.3 is 0 Å². The third-order valence-electron chi connectivity index (χ3n) is 4.02. The molecular weight excluding hydrogens is 336 g/mol. The first-order chi connectivity index (χ1) is 10.8. The van der Waals surface area contributed by atoms with Crippen LogP contribution in [0.4, 0.5) is 0 Å². The zero-order valence-corrected chi connectivity index (χ0v) is 14.7. The topological polar surface area (TPSA) is 71.3 Å². The number of thiophene rings is 1. The lowest BCUT2D eigenvalue weighted by atomic mass is 10.0. The summed E-state index contributed by atoms with van der Waals surface area (Å²) in [6, 6.07) is 4.44. The van der Waals surface area contributed by atoms with Gasteiger partial charge in [-0.1, -0.05) is 11.2 Å². The number of hydrogen-bond donors (Lipinski definition) is 1. The molecule has 0 saturated carbocycles. The van der Waals surface area contributed by atoms with Crippen LogP contribution < -0.4 is 5.32 Å². The molecule has 0 bridgehead atoms. The van der Waals surface area contributed by atoms with Gasteiger partial charge in [0.2, 0.25) is 17.6 Å². The van der Waals surface area contributed by atoms with Gasteiger partial charge in [-0.15, -0.1) is 23.7 Å². The van der Waals surface area contributed by atoms with Crippen molar-refractivity contribution in [2.75, 3.05) is 20.1 Å². The van der Waals surface area contributed by atoms with Gasteiger partial charge < -0.3 is 14.7 Å². The molecule has 0 radical (unpaired) electrons. The SMILES string of the molecule is CNC1CCN(C(=O)CCc2nc(-c3cccs3)no2)CC1.Cl. The normalized spacial score (nSPS) is 15.4. The molecule has 8 heteroatoms. The second kappa shape index (κ2) is 8.42. The fraction of sp³-hybridized carbons (Fsp3) is 0.533. The van der Waals surface area contributed by atoms with Crippen LogP contribution in [0.15, 0.2) is 22.0 Å². The highest BCUT2D eigenvalue weighted by Crippen LogP contribution is 2.21. The highest BCUT2D eigenvalue weighted by Gasteiger charge is 2.22. The molecule has 0 aromatic carbocycles. The van der Waals surface area contributed by atoms with Crippen molar-refractivity contribution in [1.29, 1.82) is 0 Å². The first-order valence-electron chi connectivity index (χ1n) is 7.58. The Morgan fingerprint density at radius 3 is 2.91 bits per heavy atom. The van der Waals surface area contributed by atoms with Crippen molar-refractivity contribution in [3.05, 3.63) is 23.4 Å². The Bertz CT molecular complexity index is 609. The number of rotatable bonds is 5. The summed E-state index contributed by atoms with van der Waals surface area (Å²) in [6.07, 6.45) is 2.97. The van der Waals surface area contributed by atoms with Crippen LogP contribution in [0.3, 0.4) is 0 Å². The van der Waals surface area contributed by atoms with Crippen LogP contribution in [-0.2, 0) is 11.2 Å². The Hall–Kier alpha value is -1.44. The molecule has 23 heavy (non-hydrogen) atoms. The van der Waals surface area contributed by atoms with Crippen molar-refractivity contribution < 1.29 is 9.32 Å². The van der Waals surface area contributed by atoms with Gasteiger partial charge in [-0.25, -0.2) is 0 Å². The van der Waals surface area contributed by atoms with Crippen LogP contribution in [0.25, 0.3) is 10.7 Å². The van der Waals surface area contributed by atoms with Crippen LogP contribution >= 0.6 is 23.7 Å². The minimum Gasteiger partial charge on any atom is -0.343 e. The lowest BCUT2D eigenvalue weighted by molar-refractivity contribution is -0.132. The molecule has 1 N–H and O–H groups in total. The number of carbonyl (C=O) groups excluding carboxylic acids is 1. The monoisotopic (exact) mass is 356 g/mol. The second-order valence-electron chi connectivity index (χ2n) is 5.43. The number of carbonyl (C=O) groups is 1. The molecule has 0 atom stereocenters. The summed E-state index contributed by atoms with van der Waals surface area (Å²) in [7, 11) is 1.98. The third kappa shape index (κ3) is 4.53. The summed E-state index contributed by atoms with van der Waals surface area (Å²) in [5.41, 5.74) is 0. The molecule has 2 aromatic rings. The first-order valence-corrected chi connectivity index (χ1v) is 8.45. The van der Waals surface area contributed by atoms with Gasteiger partial charge in [0.25, 0.3) is 0 Å². The van der Waals surface area contributed by atoms with Crippen LogP contribution in [0, 0.1) is 0 Å². The van der Waals surface area contributed by atoms with E-state index >= 15 is 0 Å². The van der Waals surface area contributed by atoms with E-state index in [0.717, 1.165) is 30.8 Å². The maximum absolute atomic E-state index is 12.2. The summed E-state index contributed by atoms with van der Waals surface area (Å²) in [5.74, 6) is 1.31. The average molecular weight is 357 g/mol. The lowest BCUT2D eigenvalue weighted by Crippen LogP contribution is -2.44. The fourth-order valence-electron chi connectivity index (χ4n) is 2.65. The van der Waals surface area contributed by atoms with Gasteiger partial charge in [0.15, 0.2) is 0 Å². The third-order valence-corrected chi connectivity index (χ3v) is 4.88. The summed E-state index contributed by atoms with van der Waals surface area (Å²) in [4.78, 5) is 19.5. The molecule has 1 amide bonds. The van der Waals surface area contributed by atoms with Gasteiger partial charge in [0, 0.05) is 32.0 Å². The fourth-order valence-corrected chi connectivity index (χ4v) is 3.30. The van der Waals surface area contributed by atoms with E-state index in [9.17, 15) is 4.79 Å². The molecule has 0 unspecified atom stereocenters. The van der Waals surface area contributed by atoms with E-state index in [0.29, 0.717) is 30.6 Å². The molecular formula is C15H21ClN4O2S. The number of aryl methyl sites for hydroxylation is 1. The van der Waals surface area contributed by atoms with Crippen LogP contribution in [0.2, 0.25) is 0 Å². The highest BCUT2D eigenvalue weighted by atomic mass is 35.5. The maximum Gasteiger partial charge on any atom is 0.227 e. The van der Waals surface area contributed by atoms with Crippen molar-refractivity contribution in [1.82, 2.24) is 20.4 Å². The van der Waals surface area contributed by atoms with E-state index in [1.165, 1.54) is 0 Å². The zero-order chi connectivity index (χ0) is 15.4. The zero-order valence-electron chi connectivity index (χ0n) is 13.0. The molecule has 0 aliphatic carbocycles. The average Bonchev–Trinajstić information content (AvgIpc) is 3.23. The molecule has 1 aliphatic rings. The Morgan fingerprint density at radius 1 is 1.48 bits per heavy atom. The molecule has 6 nitrogen and oxygen atoms in total. The van der Waals surface area contributed by atoms with Gasteiger partial charge in [-0.05, 0) is 31.3 Å². The first kappa shape index (κ1) is 17.9. The molecule has 3 rings (SSSR count). The molecule has 3 heterocycles. The quantitative estimate of drug-likeness (QED) is 0.890. The molecule has 0 spiro atoms. The Balaban J connectivity index is 0.00000192. The number of nitrogens with zero attached hydrogens (tertiary/aromatic N) is 3. The molecule has 1 aliphatic heterocycles. The molecule has 1 saturated heterocycles. The minimum absolute atomic E-state index is 0. The largest absolute Gasteiger partial charge is 0.343 e. The number of amides is 1. The Morgan fingerprint density at radius 2 is 2.26 bits per heavy atom. The Kier molecular flexibility index (Phi) is 6.56. The minimum atomic E-state index is 0. The van der Waals surface area contributed by atoms with Crippen LogP contribution in [0.5, 0.6) is 0 Å². The predicted octanol–water partition coefficient (Wildman–Crippen LogP) is 2.36. The van der Waals surface area contributed by atoms with Crippen molar-refractivity contribution in [2.24, 2.45) is 0 Å². The summed E-state index contributed by atoms with van der Waals surface area (Å²) in [5, 5.41) is 9.20. The van der Waals surface area contributed by atoms with Gasteiger partial charge in [-0.3, -0.25) is 4.79 Å². The van der Waals surface area contributed by atoms with Crippen molar-refractivity contribution in [3.8, 4) is 10.7 Å². The van der Waals surface area contributed by atoms with Crippen molar-refractivity contribution in [3.63, 3.8) is 0 Å². The number of nitrogens with one attached hydrogen (secondary N) is 1. The van der Waals surface area contributed by atoms with E-state index in [1.807, 2.05) is 29.5 Å². The van der Waals surface area contributed by atoms with E-state index in [-0.39, 0.29) is 18.3 Å². The summed E-state index contributed by atoms with van der Waals surface area (Å²) < 4.78 is 5.23. The van der Waals surface area contributed by atoms with E-state index < -0.39 is 0 Å². The van der Waals surface area contributed by atoms with Gasteiger partial charge in [0.1, 0.15) is 0 Å². The van der Waals surface area contributed by atoms with Crippen molar-refractivity contribution >= 4 is 29.7 Å². The summed E-state index contributed by atoms with van der Waals surface area (Å²) in [6.45, 7) is 1.66. The maximum atomic E-state index is 12.2. The predicted molar refractivity (Wildman–Crippen MR) is 91.8 cm³/mol.